The molecular weight excluding hydrogens is 696 g/mol. The standard InChI is InChI=1S/C34H48Cl2NO9PSi/c1-23(24(2)38)22-37(25(3)39)33-32(42-20-19-41-7)31(46-48(8,9)34(4,5)6)30(43-33)18-21-47(40,44-28-16-12-10-14-26(28)35)45-29-17-13-11-15-27(29)36/h10-17,22,30-33H,18-21H2,1-9H3/b23-22-/t30-,31-,32-,33-/m1/s1. The van der Waals surface area contributed by atoms with Crippen LogP contribution in [0.15, 0.2) is 60.3 Å². The highest BCUT2D eigenvalue weighted by molar-refractivity contribution is 7.54. The number of para-hydroxylation sites is 2. The number of benzene rings is 2. The Bertz CT molecular complexity index is 1450. The third-order valence-corrected chi connectivity index (χ3v) is 15.3. The molecule has 1 fully saturated rings. The molecule has 3 rings (SSSR count). The Kier molecular flexibility index (Phi) is 14.4. The minimum Gasteiger partial charge on any atom is -0.414 e. The molecular formula is C34H48Cl2NO9PSi. The van der Waals surface area contributed by atoms with Crippen molar-refractivity contribution in [3.05, 3.63) is 70.3 Å². The predicted molar refractivity (Wildman–Crippen MR) is 191 cm³/mol. The van der Waals surface area contributed by atoms with Gasteiger partial charge in [-0.05, 0) is 62.7 Å². The van der Waals surface area contributed by atoms with Crippen LogP contribution in [0.5, 0.6) is 11.5 Å². The Hall–Kier alpha value is -2.21. The van der Waals surface area contributed by atoms with E-state index in [4.69, 9.17) is 50.9 Å². The second-order valence-corrected chi connectivity index (χ2v) is 20.8. The summed E-state index contributed by atoms with van der Waals surface area (Å²) >= 11 is 12.8. The lowest BCUT2D eigenvalue weighted by molar-refractivity contribution is -0.146. The van der Waals surface area contributed by atoms with Crippen molar-refractivity contribution in [1.29, 1.82) is 0 Å². The van der Waals surface area contributed by atoms with E-state index in [1.165, 1.54) is 24.9 Å². The molecule has 0 bridgehead atoms. The molecule has 4 atom stereocenters. The largest absolute Gasteiger partial charge is 0.430 e. The van der Waals surface area contributed by atoms with Gasteiger partial charge in [0, 0.05) is 25.8 Å². The molecule has 0 spiro atoms. The summed E-state index contributed by atoms with van der Waals surface area (Å²) in [5, 5.41) is 0.328. The summed E-state index contributed by atoms with van der Waals surface area (Å²) in [6.45, 7) is 15.5. The number of halogens is 2. The second-order valence-electron chi connectivity index (χ2n) is 13.2. The van der Waals surface area contributed by atoms with Crippen LogP contribution >= 0.6 is 30.8 Å². The number of hydrogen-bond donors (Lipinski definition) is 0. The Balaban J connectivity index is 2.08. The monoisotopic (exact) mass is 743 g/mol. The van der Waals surface area contributed by atoms with E-state index < -0.39 is 40.5 Å². The van der Waals surface area contributed by atoms with Crippen molar-refractivity contribution >= 4 is 50.8 Å². The lowest BCUT2D eigenvalue weighted by Crippen LogP contribution is -2.52. The van der Waals surface area contributed by atoms with Gasteiger partial charge in [-0.25, -0.2) is 4.57 Å². The third kappa shape index (κ3) is 10.6. The van der Waals surface area contributed by atoms with E-state index in [0.717, 1.165) is 0 Å². The van der Waals surface area contributed by atoms with Gasteiger partial charge in [0.25, 0.3) is 0 Å². The molecule has 2 aromatic carbocycles. The zero-order valence-corrected chi connectivity index (χ0v) is 32.6. The van der Waals surface area contributed by atoms with Gasteiger partial charge in [-0.15, -0.1) is 0 Å². The molecule has 1 heterocycles. The number of ether oxygens (including phenoxy) is 3. The minimum atomic E-state index is -4.01. The summed E-state index contributed by atoms with van der Waals surface area (Å²) in [5.74, 6) is -0.192. The first-order chi connectivity index (χ1) is 22.4. The molecule has 1 aliphatic heterocycles. The first kappa shape index (κ1) is 40.2. The fraction of sp³-hybridized carbons (Fsp3) is 0.529. The number of nitrogens with zero attached hydrogens (tertiary/aromatic N) is 1. The van der Waals surface area contributed by atoms with Crippen LogP contribution in [0.4, 0.5) is 0 Å². The number of hydrogen-bond acceptors (Lipinski definition) is 9. The smallest absolute Gasteiger partial charge is 0.414 e. The van der Waals surface area contributed by atoms with E-state index >= 15 is 0 Å². The molecule has 0 aromatic heterocycles. The zero-order valence-electron chi connectivity index (χ0n) is 29.2. The molecule has 14 heteroatoms. The molecule has 1 saturated heterocycles. The van der Waals surface area contributed by atoms with Crippen molar-refractivity contribution in [2.45, 2.75) is 90.6 Å². The van der Waals surface area contributed by atoms with Gasteiger partial charge in [0.2, 0.25) is 5.91 Å². The number of Topliss-reactive ketones (excluding diaryl/α,β-unsaturated/α-hetero) is 1. The number of rotatable bonds is 16. The second kappa shape index (κ2) is 17.1. The van der Waals surface area contributed by atoms with Gasteiger partial charge >= 0.3 is 7.60 Å². The predicted octanol–water partition coefficient (Wildman–Crippen LogP) is 8.52. The molecule has 0 unspecified atom stereocenters. The molecule has 0 radical (unpaired) electrons. The Morgan fingerprint density at radius 3 is 1.94 bits per heavy atom. The molecule has 0 saturated carbocycles. The van der Waals surface area contributed by atoms with E-state index in [1.54, 1.807) is 62.6 Å². The number of carbonyl (C=O) groups is 2. The quantitative estimate of drug-likeness (QED) is 0.0723. The van der Waals surface area contributed by atoms with Crippen molar-refractivity contribution < 1.29 is 41.8 Å². The molecule has 0 N–H and O–H groups in total. The maximum atomic E-state index is 14.6. The van der Waals surface area contributed by atoms with Crippen LogP contribution < -0.4 is 9.05 Å². The number of amides is 1. The van der Waals surface area contributed by atoms with Crippen molar-refractivity contribution in [3.8, 4) is 11.5 Å². The fourth-order valence-electron chi connectivity index (χ4n) is 4.64. The maximum absolute atomic E-state index is 14.6. The van der Waals surface area contributed by atoms with E-state index in [1.807, 2.05) is 0 Å². The molecule has 266 valence electrons. The van der Waals surface area contributed by atoms with Gasteiger partial charge in [-0.2, -0.15) is 0 Å². The lowest BCUT2D eigenvalue weighted by Gasteiger charge is -2.41. The molecule has 1 amide bonds. The summed E-state index contributed by atoms with van der Waals surface area (Å²) in [6.07, 6.45) is -1.73. The first-order valence-electron chi connectivity index (χ1n) is 15.8. The molecule has 1 aliphatic rings. The van der Waals surface area contributed by atoms with Gasteiger partial charge < -0.3 is 27.7 Å². The van der Waals surface area contributed by atoms with E-state index in [2.05, 4.69) is 33.9 Å². The average molecular weight is 745 g/mol. The summed E-state index contributed by atoms with van der Waals surface area (Å²) in [5.41, 5.74) is 0.362. The third-order valence-electron chi connectivity index (χ3n) is 8.48. The molecule has 48 heavy (non-hydrogen) atoms. The van der Waals surface area contributed by atoms with Crippen LogP contribution in [0, 0.1) is 0 Å². The van der Waals surface area contributed by atoms with Crippen molar-refractivity contribution in [2.24, 2.45) is 0 Å². The van der Waals surface area contributed by atoms with E-state index in [9.17, 15) is 14.2 Å². The molecule has 0 aliphatic carbocycles. The van der Waals surface area contributed by atoms with Crippen LogP contribution in [-0.2, 0) is 32.8 Å². The van der Waals surface area contributed by atoms with Gasteiger partial charge in [-0.1, -0.05) is 68.2 Å². The highest BCUT2D eigenvalue weighted by Crippen LogP contribution is 2.52. The van der Waals surface area contributed by atoms with Gasteiger partial charge in [0.1, 0.15) is 23.7 Å². The highest BCUT2D eigenvalue weighted by Gasteiger charge is 2.53. The van der Waals surface area contributed by atoms with Crippen LogP contribution in [0.25, 0.3) is 0 Å². The van der Waals surface area contributed by atoms with Gasteiger partial charge in [0.05, 0.1) is 35.5 Å². The van der Waals surface area contributed by atoms with Gasteiger partial charge in [0.15, 0.2) is 20.3 Å². The molecule has 10 nitrogen and oxygen atoms in total. The summed E-state index contributed by atoms with van der Waals surface area (Å²) in [6, 6.07) is 13.3. The van der Waals surface area contributed by atoms with Crippen LogP contribution in [0.1, 0.15) is 48.0 Å². The van der Waals surface area contributed by atoms with Crippen molar-refractivity contribution in [2.75, 3.05) is 26.5 Å². The highest BCUT2D eigenvalue weighted by atomic mass is 35.5. The van der Waals surface area contributed by atoms with Crippen molar-refractivity contribution in [3.63, 3.8) is 0 Å². The fourth-order valence-corrected chi connectivity index (χ4v) is 8.13. The van der Waals surface area contributed by atoms with Crippen LogP contribution in [0.2, 0.25) is 28.2 Å². The SMILES string of the molecule is COCCO[C@@H]1[C@H](O[Si](C)(C)C(C)(C)C)[C@@H](CCP(=O)(Oc2ccccc2Cl)Oc2ccccc2Cl)O[C@H]1N(/C=C(/C)C(C)=O)C(C)=O. The van der Waals surface area contributed by atoms with E-state index in [0.29, 0.717) is 5.57 Å². The average Bonchev–Trinajstić information content (AvgIpc) is 3.32. The molecule has 2 aromatic rings. The Morgan fingerprint density at radius 2 is 1.48 bits per heavy atom. The van der Waals surface area contributed by atoms with Crippen LogP contribution in [-0.4, -0.2) is 75.9 Å². The first-order valence-corrected chi connectivity index (χ1v) is 21.2. The summed E-state index contributed by atoms with van der Waals surface area (Å²) in [7, 11) is -4.94. The normalized spacial score (nSPS) is 20.4. The Labute approximate surface area is 295 Å². The number of ketones is 1. The van der Waals surface area contributed by atoms with Crippen LogP contribution in [0.3, 0.4) is 0 Å². The van der Waals surface area contributed by atoms with Gasteiger partial charge in [-0.3, -0.25) is 14.5 Å². The maximum Gasteiger partial charge on any atom is 0.430 e. The van der Waals surface area contributed by atoms with E-state index in [-0.39, 0.29) is 64.1 Å². The zero-order chi connectivity index (χ0) is 35.9. The summed E-state index contributed by atoms with van der Waals surface area (Å²) < 4.78 is 51.9. The number of methoxy groups -OCH3 is 1. The minimum absolute atomic E-state index is 0.118. The van der Waals surface area contributed by atoms with Crippen molar-refractivity contribution in [1.82, 2.24) is 4.90 Å². The lowest BCUT2D eigenvalue weighted by atomic mass is 10.1. The summed E-state index contributed by atoms with van der Waals surface area (Å²) in [4.78, 5) is 26.6. The number of allylic oxidation sites excluding steroid dienone is 1. The number of carbonyl (C=O) groups excluding carboxylic acids is 2. The Morgan fingerprint density at radius 1 is 0.938 bits per heavy atom. The topological polar surface area (TPSA) is 110 Å².